The molecule has 3 aromatic rings. The molecule has 0 aliphatic rings. The van der Waals surface area contributed by atoms with Crippen molar-refractivity contribution in [3.63, 3.8) is 0 Å². The highest BCUT2D eigenvalue weighted by Crippen LogP contribution is 2.29. The summed E-state index contributed by atoms with van der Waals surface area (Å²) >= 11 is 0. The molecule has 1 aromatic heterocycles. The average Bonchev–Trinajstić information content (AvgIpc) is 2.54. The van der Waals surface area contributed by atoms with E-state index in [4.69, 9.17) is 5.26 Å². The first-order chi connectivity index (χ1) is 10.2. The van der Waals surface area contributed by atoms with Crippen LogP contribution in [0.3, 0.4) is 0 Å². The minimum Gasteiger partial charge on any atom is -0.392 e. The van der Waals surface area contributed by atoms with E-state index in [9.17, 15) is 9.90 Å². The fraction of sp³-hybridized carbons (Fsp3) is 0.0588. The van der Waals surface area contributed by atoms with Crippen LogP contribution in [0, 0.1) is 11.3 Å². The number of fused-ring (bicyclic) bond motifs is 1. The van der Waals surface area contributed by atoms with Crippen LogP contribution in [0.25, 0.3) is 22.0 Å². The maximum atomic E-state index is 11.9. The molecule has 0 bridgehead atoms. The number of hydrogen-bond acceptors (Lipinski definition) is 3. The molecule has 0 unspecified atom stereocenters. The minimum atomic E-state index is -0.168. The molecule has 0 amide bonds. The number of pyridine rings is 1. The number of H-pyrrole nitrogens is 1. The predicted molar refractivity (Wildman–Crippen MR) is 80.6 cm³/mol. The molecule has 21 heavy (non-hydrogen) atoms. The number of aliphatic hydroxyl groups excluding tert-OH is 1. The lowest BCUT2D eigenvalue weighted by molar-refractivity contribution is 0.282. The Balaban J connectivity index is 2.34. The zero-order chi connectivity index (χ0) is 14.8. The Labute approximate surface area is 120 Å². The number of aromatic amines is 1. The zero-order valence-electron chi connectivity index (χ0n) is 11.1. The Morgan fingerprint density at radius 1 is 1.14 bits per heavy atom. The quantitative estimate of drug-likeness (QED) is 0.755. The van der Waals surface area contributed by atoms with Gasteiger partial charge in [-0.1, -0.05) is 18.2 Å². The van der Waals surface area contributed by atoms with Gasteiger partial charge in [0.05, 0.1) is 23.8 Å². The van der Waals surface area contributed by atoms with E-state index in [1.165, 1.54) is 6.07 Å². The monoisotopic (exact) mass is 276 g/mol. The van der Waals surface area contributed by atoms with Crippen molar-refractivity contribution < 1.29 is 5.11 Å². The Morgan fingerprint density at radius 3 is 2.76 bits per heavy atom. The van der Waals surface area contributed by atoms with Gasteiger partial charge in [0, 0.05) is 23.2 Å². The molecule has 0 radical (unpaired) electrons. The van der Waals surface area contributed by atoms with Crippen molar-refractivity contribution >= 4 is 10.9 Å². The lowest BCUT2D eigenvalue weighted by Crippen LogP contribution is -2.01. The number of para-hydroxylation sites is 1. The highest BCUT2D eigenvalue weighted by Gasteiger charge is 2.10. The number of benzene rings is 2. The summed E-state index contributed by atoms with van der Waals surface area (Å²) in [6.07, 6.45) is 1.61. The second kappa shape index (κ2) is 5.23. The minimum absolute atomic E-state index is 0.0511. The van der Waals surface area contributed by atoms with Crippen molar-refractivity contribution in [2.24, 2.45) is 0 Å². The van der Waals surface area contributed by atoms with Gasteiger partial charge in [-0.3, -0.25) is 4.79 Å². The molecule has 2 aromatic carbocycles. The van der Waals surface area contributed by atoms with Crippen molar-refractivity contribution in [3.8, 4) is 17.2 Å². The van der Waals surface area contributed by atoms with Gasteiger partial charge in [-0.05, 0) is 29.3 Å². The third-order valence-corrected chi connectivity index (χ3v) is 3.49. The Bertz CT molecular complexity index is 920. The van der Waals surface area contributed by atoms with E-state index < -0.39 is 0 Å². The van der Waals surface area contributed by atoms with Crippen LogP contribution in [0.2, 0.25) is 0 Å². The molecule has 0 aliphatic heterocycles. The summed E-state index contributed by atoms with van der Waals surface area (Å²) in [7, 11) is 0. The molecule has 4 heteroatoms. The summed E-state index contributed by atoms with van der Waals surface area (Å²) in [6.45, 7) is -0.168. The highest BCUT2D eigenvalue weighted by atomic mass is 16.3. The van der Waals surface area contributed by atoms with Gasteiger partial charge in [-0.2, -0.15) is 5.26 Å². The Kier molecular flexibility index (Phi) is 3.27. The maximum Gasteiger partial charge on any atom is 0.189 e. The van der Waals surface area contributed by atoms with Gasteiger partial charge in [-0.15, -0.1) is 0 Å². The third kappa shape index (κ3) is 2.20. The van der Waals surface area contributed by atoms with Crippen molar-refractivity contribution in [2.45, 2.75) is 6.61 Å². The van der Waals surface area contributed by atoms with Crippen molar-refractivity contribution in [1.82, 2.24) is 4.98 Å². The van der Waals surface area contributed by atoms with Gasteiger partial charge in [0.1, 0.15) is 0 Å². The summed E-state index contributed by atoms with van der Waals surface area (Å²) in [4.78, 5) is 15.0. The van der Waals surface area contributed by atoms with Gasteiger partial charge in [0.25, 0.3) is 0 Å². The van der Waals surface area contributed by atoms with Gasteiger partial charge in [-0.25, -0.2) is 0 Å². The van der Waals surface area contributed by atoms with E-state index in [1.807, 2.05) is 12.1 Å². The number of nitriles is 1. The first-order valence-electron chi connectivity index (χ1n) is 6.49. The zero-order valence-corrected chi connectivity index (χ0v) is 11.1. The third-order valence-electron chi connectivity index (χ3n) is 3.49. The summed E-state index contributed by atoms with van der Waals surface area (Å²) in [5.74, 6) is 0. The van der Waals surface area contributed by atoms with Crippen LogP contribution in [0.4, 0.5) is 0 Å². The number of aliphatic hydroxyl groups is 1. The van der Waals surface area contributed by atoms with Crippen molar-refractivity contribution in [2.75, 3.05) is 0 Å². The molecule has 0 atom stereocenters. The second-order valence-corrected chi connectivity index (χ2v) is 4.71. The first kappa shape index (κ1) is 13.1. The molecule has 0 aliphatic carbocycles. The van der Waals surface area contributed by atoms with E-state index in [2.05, 4.69) is 11.1 Å². The molecule has 0 saturated heterocycles. The molecule has 102 valence electrons. The average molecular weight is 276 g/mol. The summed E-state index contributed by atoms with van der Waals surface area (Å²) in [6, 6.07) is 14.2. The molecule has 4 nitrogen and oxygen atoms in total. The molecule has 0 spiro atoms. The number of nitrogens with zero attached hydrogens (tertiary/aromatic N) is 1. The van der Waals surface area contributed by atoms with Gasteiger partial charge >= 0.3 is 0 Å². The summed E-state index contributed by atoms with van der Waals surface area (Å²) < 4.78 is 0. The largest absolute Gasteiger partial charge is 0.392 e. The smallest absolute Gasteiger partial charge is 0.189 e. The number of nitrogens with one attached hydrogen (secondary N) is 1. The molecule has 2 N–H and O–H groups in total. The highest BCUT2D eigenvalue weighted by molar-refractivity contribution is 5.94. The second-order valence-electron chi connectivity index (χ2n) is 4.71. The molecule has 0 fully saturated rings. The van der Waals surface area contributed by atoms with Crippen LogP contribution >= 0.6 is 0 Å². The fourth-order valence-electron chi connectivity index (χ4n) is 2.48. The van der Waals surface area contributed by atoms with Gasteiger partial charge in [0.2, 0.25) is 0 Å². The molecular weight excluding hydrogens is 264 g/mol. The number of rotatable bonds is 2. The number of hydrogen-bond donors (Lipinski definition) is 2. The van der Waals surface area contributed by atoms with E-state index in [1.54, 1.807) is 30.5 Å². The Hall–Kier alpha value is -2.90. The van der Waals surface area contributed by atoms with Crippen LogP contribution in [-0.4, -0.2) is 10.1 Å². The van der Waals surface area contributed by atoms with Gasteiger partial charge in [0.15, 0.2) is 5.43 Å². The van der Waals surface area contributed by atoms with Gasteiger partial charge < -0.3 is 10.1 Å². The van der Waals surface area contributed by atoms with Crippen LogP contribution < -0.4 is 5.43 Å². The predicted octanol–water partition coefficient (Wildman–Crippen LogP) is 2.56. The summed E-state index contributed by atoms with van der Waals surface area (Å²) in [5.41, 5.74) is 3.47. The van der Waals surface area contributed by atoms with Crippen LogP contribution in [0.5, 0.6) is 0 Å². The van der Waals surface area contributed by atoms with Crippen molar-refractivity contribution in [3.05, 3.63) is 70.0 Å². The lowest BCUT2D eigenvalue weighted by Gasteiger charge is -2.10. The Morgan fingerprint density at radius 2 is 2.00 bits per heavy atom. The van der Waals surface area contributed by atoms with Crippen LogP contribution in [0.1, 0.15) is 11.1 Å². The lowest BCUT2D eigenvalue weighted by atomic mass is 9.96. The molecule has 0 saturated carbocycles. The first-order valence-corrected chi connectivity index (χ1v) is 6.49. The normalized spacial score (nSPS) is 10.5. The van der Waals surface area contributed by atoms with E-state index in [0.29, 0.717) is 16.5 Å². The molecule has 1 heterocycles. The van der Waals surface area contributed by atoms with Crippen LogP contribution in [0.15, 0.2) is 53.5 Å². The summed E-state index contributed by atoms with van der Waals surface area (Å²) in [5, 5.41) is 19.1. The fourth-order valence-corrected chi connectivity index (χ4v) is 2.48. The van der Waals surface area contributed by atoms with Crippen molar-refractivity contribution in [1.29, 1.82) is 5.26 Å². The van der Waals surface area contributed by atoms with Crippen LogP contribution in [-0.2, 0) is 6.61 Å². The molecule has 3 rings (SSSR count). The van der Waals surface area contributed by atoms with E-state index >= 15 is 0 Å². The van der Waals surface area contributed by atoms with E-state index in [-0.39, 0.29) is 12.0 Å². The standard InChI is InChI=1S/C17H12N2O2/c18-9-11-4-5-13(12(8-11)10-20)14-2-1-3-15-16(21)6-7-19-17(14)15/h1-8,20H,10H2,(H,19,21). The van der Waals surface area contributed by atoms with E-state index in [0.717, 1.165) is 16.6 Å². The topological polar surface area (TPSA) is 76.9 Å². The number of aromatic nitrogens is 1. The SMILES string of the molecule is N#Cc1ccc(-c2cccc3c(=O)cc[nH]c23)c(CO)c1. The maximum absolute atomic E-state index is 11.9. The molecular formula is C17H12N2O2.